The van der Waals surface area contributed by atoms with Gasteiger partial charge in [-0.05, 0) is 23.8 Å². The molecule has 0 amide bonds. The SMILES string of the molecule is CC(Cn1cnc2cnc(-n3cnc4ccccc43)nc21)c1cccnc1. The van der Waals surface area contributed by atoms with Crippen molar-refractivity contribution in [2.75, 3.05) is 0 Å². The lowest BCUT2D eigenvalue weighted by atomic mass is 10.0. The van der Waals surface area contributed by atoms with Gasteiger partial charge in [-0.15, -0.1) is 0 Å². The number of nitrogens with zero attached hydrogens (tertiary/aromatic N) is 7. The number of pyridine rings is 1. The van der Waals surface area contributed by atoms with Crippen molar-refractivity contribution >= 4 is 22.2 Å². The maximum atomic E-state index is 4.77. The number of para-hydroxylation sites is 2. The van der Waals surface area contributed by atoms with Gasteiger partial charge < -0.3 is 4.57 Å². The van der Waals surface area contributed by atoms with Gasteiger partial charge in [0.05, 0.1) is 23.6 Å². The average Bonchev–Trinajstić information content (AvgIpc) is 3.32. The van der Waals surface area contributed by atoms with E-state index < -0.39 is 0 Å². The Bertz CT molecular complexity index is 1220. The van der Waals surface area contributed by atoms with Gasteiger partial charge in [-0.25, -0.2) is 15.0 Å². The van der Waals surface area contributed by atoms with E-state index >= 15 is 0 Å². The van der Waals surface area contributed by atoms with E-state index in [9.17, 15) is 0 Å². The minimum Gasteiger partial charge on any atom is -0.315 e. The molecule has 1 unspecified atom stereocenters. The predicted molar refractivity (Wildman–Crippen MR) is 103 cm³/mol. The molecule has 4 heterocycles. The molecule has 0 fully saturated rings. The van der Waals surface area contributed by atoms with Crippen LogP contribution >= 0.6 is 0 Å². The standard InChI is InChI=1S/C20H17N7/c1-14(15-5-4-8-21-9-15)11-26-12-23-17-10-22-20(25-19(17)26)27-13-24-16-6-2-3-7-18(16)27/h2-10,12-14H,11H2,1H3. The zero-order chi connectivity index (χ0) is 18.2. The van der Waals surface area contributed by atoms with E-state index in [0.717, 1.165) is 28.7 Å². The first-order valence-corrected chi connectivity index (χ1v) is 8.80. The van der Waals surface area contributed by atoms with Gasteiger partial charge in [0.2, 0.25) is 5.95 Å². The topological polar surface area (TPSA) is 74.3 Å². The molecule has 0 bridgehead atoms. The van der Waals surface area contributed by atoms with Crippen LogP contribution in [0.25, 0.3) is 28.1 Å². The van der Waals surface area contributed by atoms with E-state index in [-0.39, 0.29) is 0 Å². The highest BCUT2D eigenvalue weighted by molar-refractivity contribution is 5.77. The van der Waals surface area contributed by atoms with Gasteiger partial charge in [-0.1, -0.05) is 25.1 Å². The third kappa shape index (κ3) is 2.73. The second-order valence-electron chi connectivity index (χ2n) is 6.57. The molecule has 7 heteroatoms. The molecule has 0 saturated carbocycles. The Morgan fingerprint density at radius 1 is 0.926 bits per heavy atom. The van der Waals surface area contributed by atoms with Crippen LogP contribution in [-0.4, -0.2) is 34.1 Å². The molecule has 0 saturated heterocycles. The normalized spacial score (nSPS) is 12.6. The van der Waals surface area contributed by atoms with Crippen LogP contribution in [0.4, 0.5) is 0 Å². The molecule has 4 aromatic heterocycles. The molecular weight excluding hydrogens is 338 g/mol. The summed E-state index contributed by atoms with van der Waals surface area (Å²) in [5, 5.41) is 0. The summed E-state index contributed by atoms with van der Waals surface area (Å²) in [6.45, 7) is 2.94. The number of aromatic nitrogens is 7. The van der Waals surface area contributed by atoms with Crippen molar-refractivity contribution in [2.45, 2.75) is 19.4 Å². The summed E-state index contributed by atoms with van der Waals surface area (Å²) in [6.07, 6.45) is 9.03. The highest BCUT2D eigenvalue weighted by Gasteiger charge is 2.13. The van der Waals surface area contributed by atoms with Crippen LogP contribution in [-0.2, 0) is 6.54 Å². The fraction of sp³-hybridized carbons (Fsp3) is 0.150. The smallest absolute Gasteiger partial charge is 0.237 e. The summed E-state index contributed by atoms with van der Waals surface area (Å²) in [4.78, 5) is 22.3. The van der Waals surface area contributed by atoms with Crippen LogP contribution in [0.1, 0.15) is 18.4 Å². The van der Waals surface area contributed by atoms with E-state index in [4.69, 9.17) is 4.98 Å². The maximum Gasteiger partial charge on any atom is 0.237 e. The van der Waals surface area contributed by atoms with Gasteiger partial charge in [0, 0.05) is 24.9 Å². The number of fused-ring (bicyclic) bond motifs is 2. The number of rotatable bonds is 4. The van der Waals surface area contributed by atoms with Crippen molar-refractivity contribution in [1.82, 2.24) is 34.1 Å². The van der Waals surface area contributed by atoms with Crippen LogP contribution in [0.5, 0.6) is 0 Å². The molecule has 0 spiro atoms. The van der Waals surface area contributed by atoms with Gasteiger partial charge in [0.1, 0.15) is 11.8 Å². The van der Waals surface area contributed by atoms with Gasteiger partial charge >= 0.3 is 0 Å². The molecule has 7 nitrogen and oxygen atoms in total. The third-order valence-corrected chi connectivity index (χ3v) is 4.74. The quantitative estimate of drug-likeness (QED) is 0.494. The minimum absolute atomic E-state index is 0.295. The van der Waals surface area contributed by atoms with Crippen LogP contribution in [0, 0.1) is 0 Å². The summed E-state index contributed by atoms with van der Waals surface area (Å²) < 4.78 is 3.97. The van der Waals surface area contributed by atoms with E-state index in [0.29, 0.717) is 11.9 Å². The highest BCUT2D eigenvalue weighted by atomic mass is 15.2. The molecule has 0 aliphatic heterocycles. The molecule has 0 radical (unpaired) electrons. The number of hydrogen-bond donors (Lipinski definition) is 0. The molecule has 27 heavy (non-hydrogen) atoms. The summed E-state index contributed by atoms with van der Waals surface area (Å²) in [5.41, 5.74) is 4.68. The van der Waals surface area contributed by atoms with Crippen LogP contribution in [0.3, 0.4) is 0 Å². The monoisotopic (exact) mass is 355 g/mol. The first-order chi connectivity index (χ1) is 13.3. The molecule has 1 aromatic carbocycles. The molecule has 0 aliphatic carbocycles. The van der Waals surface area contributed by atoms with Crippen molar-refractivity contribution in [3.63, 3.8) is 0 Å². The summed E-state index contributed by atoms with van der Waals surface area (Å²) >= 11 is 0. The summed E-state index contributed by atoms with van der Waals surface area (Å²) in [5.74, 6) is 0.885. The van der Waals surface area contributed by atoms with Crippen molar-refractivity contribution in [2.24, 2.45) is 0 Å². The first kappa shape index (κ1) is 15.6. The van der Waals surface area contributed by atoms with E-state index in [1.807, 2.05) is 47.4 Å². The Hall–Kier alpha value is -3.61. The Balaban J connectivity index is 1.55. The third-order valence-electron chi connectivity index (χ3n) is 4.74. The Morgan fingerprint density at radius 3 is 2.70 bits per heavy atom. The Labute approximate surface area is 155 Å². The molecule has 5 rings (SSSR count). The van der Waals surface area contributed by atoms with Gasteiger partial charge in [0.15, 0.2) is 5.65 Å². The van der Waals surface area contributed by atoms with Crippen molar-refractivity contribution in [1.29, 1.82) is 0 Å². The summed E-state index contributed by atoms with van der Waals surface area (Å²) in [6, 6.07) is 12.0. The second kappa shape index (κ2) is 6.28. The lowest BCUT2D eigenvalue weighted by molar-refractivity contribution is 0.604. The Kier molecular flexibility index (Phi) is 3.64. The van der Waals surface area contributed by atoms with Crippen LogP contribution in [0.15, 0.2) is 67.6 Å². The zero-order valence-electron chi connectivity index (χ0n) is 14.8. The van der Waals surface area contributed by atoms with Gasteiger partial charge in [-0.2, -0.15) is 4.98 Å². The number of imidazole rings is 2. The average molecular weight is 355 g/mol. The Morgan fingerprint density at radius 2 is 1.81 bits per heavy atom. The second-order valence-corrected chi connectivity index (χ2v) is 6.57. The van der Waals surface area contributed by atoms with E-state index in [1.54, 1.807) is 18.7 Å². The number of benzene rings is 1. The fourth-order valence-electron chi connectivity index (χ4n) is 3.28. The molecule has 0 aliphatic rings. The maximum absolute atomic E-state index is 4.77. The van der Waals surface area contributed by atoms with Crippen molar-refractivity contribution < 1.29 is 0 Å². The lowest BCUT2D eigenvalue weighted by Gasteiger charge is -2.12. The molecule has 132 valence electrons. The summed E-state index contributed by atoms with van der Waals surface area (Å²) in [7, 11) is 0. The van der Waals surface area contributed by atoms with E-state index in [2.05, 4.69) is 37.5 Å². The fourth-order valence-corrected chi connectivity index (χ4v) is 3.28. The van der Waals surface area contributed by atoms with Crippen LogP contribution in [0.2, 0.25) is 0 Å². The lowest BCUT2D eigenvalue weighted by Crippen LogP contribution is -2.07. The van der Waals surface area contributed by atoms with Gasteiger partial charge in [-0.3, -0.25) is 9.55 Å². The minimum atomic E-state index is 0.295. The largest absolute Gasteiger partial charge is 0.315 e. The molecule has 5 aromatic rings. The highest BCUT2D eigenvalue weighted by Crippen LogP contribution is 2.20. The zero-order valence-corrected chi connectivity index (χ0v) is 14.8. The number of hydrogen-bond acceptors (Lipinski definition) is 5. The van der Waals surface area contributed by atoms with Crippen LogP contribution < -0.4 is 0 Å². The first-order valence-electron chi connectivity index (χ1n) is 8.80. The molecule has 0 N–H and O–H groups in total. The predicted octanol–water partition coefficient (Wildman–Crippen LogP) is 3.36. The molecule has 1 atom stereocenters. The van der Waals surface area contributed by atoms with Gasteiger partial charge in [0.25, 0.3) is 0 Å². The van der Waals surface area contributed by atoms with E-state index in [1.165, 1.54) is 5.56 Å². The van der Waals surface area contributed by atoms with Crippen molar-refractivity contribution in [3.05, 3.63) is 73.2 Å². The molecular formula is C20H17N7. The van der Waals surface area contributed by atoms with Crippen molar-refractivity contribution in [3.8, 4) is 5.95 Å².